The zero-order valence-electron chi connectivity index (χ0n) is 28.5. The highest BCUT2D eigenvalue weighted by Gasteiger charge is 2.22. The van der Waals surface area contributed by atoms with E-state index in [4.69, 9.17) is 18.8 Å². The third kappa shape index (κ3) is 7.67. The van der Waals surface area contributed by atoms with Gasteiger partial charge in [0.05, 0.1) is 6.10 Å². The number of phenolic OH excluding ortho intramolecular Hbond substituents is 1. The van der Waals surface area contributed by atoms with Crippen molar-refractivity contribution in [1.82, 2.24) is 20.6 Å². The van der Waals surface area contributed by atoms with Crippen molar-refractivity contribution < 1.29 is 23.9 Å². The number of hydroxylamine groups is 1. The first-order valence-corrected chi connectivity index (χ1v) is 17.3. The normalized spacial score (nSPS) is 15.5. The van der Waals surface area contributed by atoms with Gasteiger partial charge in [0.25, 0.3) is 5.89 Å². The molecule has 0 amide bonds. The van der Waals surface area contributed by atoms with Gasteiger partial charge in [-0.3, -0.25) is 0 Å². The van der Waals surface area contributed by atoms with Crippen molar-refractivity contribution in [3.63, 3.8) is 0 Å². The highest BCUT2D eigenvalue weighted by molar-refractivity contribution is 5.95. The zero-order valence-corrected chi connectivity index (χ0v) is 28.5. The molecule has 260 valence electrons. The SMILES string of the molecule is Cc1ccc(Oc2ccc(-c3noc(-c4ccc5[nH]ccc5c4)n3)cc2)cc1.Oc1ccc(C2=NC(c3ccc(OC4CCCC4)cc3)NO2)cc1. The number of nitrogens with one attached hydrogen (secondary N) is 2. The average Bonchev–Trinajstić information content (AvgIpc) is 4.02. The minimum atomic E-state index is -0.241. The smallest absolute Gasteiger partial charge is 0.258 e. The van der Waals surface area contributed by atoms with Crippen molar-refractivity contribution in [3.8, 4) is 45.8 Å². The molecule has 10 nitrogen and oxygen atoms in total. The number of fused-ring (bicyclic) bond motifs is 1. The Balaban J connectivity index is 0.000000151. The molecule has 2 aliphatic rings. The summed E-state index contributed by atoms with van der Waals surface area (Å²) in [5.41, 5.74) is 8.80. The number of phenols is 1. The van der Waals surface area contributed by atoms with Crippen molar-refractivity contribution in [1.29, 1.82) is 0 Å². The Bertz CT molecular complexity index is 2270. The van der Waals surface area contributed by atoms with Crippen LogP contribution < -0.4 is 15.0 Å². The first kappa shape index (κ1) is 32.8. The van der Waals surface area contributed by atoms with E-state index in [9.17, 15) is 5.11 Å². The van der Waals surface area contributed by atoms with E-state index in [1.54, 1.807) is 24.3 Å². The minimum Gasteiger partial charge on any atom is -0.508 e. The maximum absolute atomic E-state index is 9.35. The molecular weight excluding hydrogens is 654 g/mol. The minimum absolute atomic E-state index is 0.222. The Morgan fingerprint density at radius 1 is 0.731 bits per heavy atom. The summed E-state index contributed by atoms with van der Waals surface area (Å²) in [7, 11) is 0. The van der Waals surface area contributed by atoms with Crippen LogP contribution in [0, 0.1) is 6.92 Å². The number of aliphatic imine (C=N–C) groups is 1. The van der Waals surface area contributed by atoms with Crippen LogP contribution in [0.1, 0.15) is 48.5 Å². The molecule has 10 heteroatoms. The van der Waals surface area contributed by atoms with Gasteiger partial charge in [0.15, 0.2) is 6.17 Å². The molecule has 1 fully saturated rings. The Hall–Kier alpha value is -6.39. The van der Waals surface area contributed by atoms with Gasteiger partial charge in [-0.05, 0) is 135 Å². The summed E-state index contributed by atoms with van der Waals surface area (Å²) in [5.74, 6) is 4.26. The third-order valence-electron chi connectivity index (χ3n) is 9.02. The molecule has 7 aromatic rings. The fourth-order valence-electron chi connectivity index (χ4n) is 6.15. The van der Waals surface area contributed by atoms with Gasteiger partial charge < -0.3 is 28.9 Å². The molecule has 0 bridgehead atoms. The van der Waals surface area contributed by atoms with E-state index >= 15 is 0 Å². The Morgan fingerprint density at radius 2 is 1.40 bits per heavy atom. The van der Waals surface area contributed by atoms with Gasteiger partial charge >= 0.3 is 0 Å². The number of ether oxygens (including phenoxy) is 2. The number of hydrogen-bond donors (Lipinski definition) is 3. The molecule has 1 aliphatic heterocycles. The third-order valence-corrected chi connectivity index (χ3v) is 9.02. The molecule has 2 aromatic heterocycles. The van der Waals surface area contributed by atoms with Crippen LogP contribution in [-0.2, 0) is 4.84 Å². The van der Waals surface area contributed by atoms with Gasteiger partial charge in [-0.15, -0.1) is 5.48 Å². The van der Waals surface area contributed by atoms with Gasteiger partial charge in [0.1, 0.15) is 23.0 Å². The molecule has 52 heavy (non-hydrogen) atoms. The molecule has 5 aromatic carbocycles. The monoisotopic (exact) mass is 691 g/mol. The molecule has 1 saturated carbocycles. The Kier molecular flexibility index (Phi) is 9.36. The van der Waals surface area contributed by atoms with E-state index in [1.165, 1.54) is 18.4 Å². The molecule has 0 saturated heterocycles. The fraction of sp³-hybridized carbons (Fsp3) is 0.167. The predicted octanol–water partition coefficient (Wildman–Crippen LogP) is 9.68. The molecule has 1 unspecified atom stereocenters. The lowest BCUT2D eigenvalue weighted by Crippen LogP contribution is -2.15. The molecule has 3 N–H and O–H groups in total. The summed E-state index contributed by atoms with van der Waals surface area (Å²) in [5, 5.41) is 14.6. The fourth-order valence-corrected chi connectivity index (χ4v) is 6.15. The first-order valence-electron chi connectivity index (χ1n) is 17.3. The molecular formula is C42H37N5O5. The van der Waals surface area contributed by atoms with E-state index < -0.39 is 0 Å². The van der Waals surface area contributed by atoms with E-state index in [-0.39, 0.29) is 11.9 Å². The zero-order chi connectivity index (χ0) is 35.3. The number of aromatic nitrogens is 3. The summed E-state index contributed by atoms with van der Waals surface area (Å²) in [6, 6.07) is 38.4. The van der Waals surface area contributed by atoms with E-state index in [0.29, 0.717) is 23.7 Å². The largest absolute Gasteiger partial charge is 0.508 e. The maximum atomic E-state index is 9.35. The number of aryl methyl sites for hydroxylation is 1. The van der Waals surface area contributed by atoms with E-state index in [0.717, 1.165) is 63.2 Å². The second kappa shape index (κ2) is 14.8. The first-order chi connectivity index (χ1) is 25.5. The number of rotatable bonds is 8. The highest BCUT2D eigenvalue weighted by Crippen LogP contribution is 2.29. The van der Waals surface area contributed by atoms with Crippen molar-refractivity contribution >= 4 is 16.8 Å². The lowest BCUT2D eigenvalue weighted by molar-refractivity contribution is 0.180. The Morgan fingerprint density at radius 3 is 2.15 bits per heavy atom. The van der Waals surface area contributed by atoms with Crippen molar-refractivity contribution in [3.05, 3.63) is 144 Å². The average molecular weight is 692 g/mol. The Labute approximate surface area is 300 Å². The van der Waals surface area contributed by atoms with Crippen LogP contribution in [-0.4, -0.2) is 32.2 Å². The molecule has 3 heterocycles. The van der Waals surface area contributed by atoms with Crippen molar-refractivity contribution in [2.75, 3.05) is 0 Å². The molecule has 9 rings (SSSR count). The second-order valence-corrected chi connectivity index (χ2v) is 12.8. The topological polar surface area (TPSA) is 127 Å². The molecule has 1 atom stereocenters. The maximum Gasteiger partial charge on any atom is 0.258 e. The van der Waals surface area contributed by atoms with Crippen LogP contribution in [0.15, 0.2) is 137 Å². The predicted molar refractivity (Wildman–Crippen MR) is 199 cm³/mol. The number of aromatic amines is 1. The molecule has 0 spiro atoms. The number of aromatic hydroxyl groups is 1. The summed E-state index contributed by atoms with van der Waals surface area (Å²) in [4.78, 5) is 17.7. The van der Waals surface area contributed by atoms with Crippen LogP contribution in [0.4, 0.5) is 0 Å². The lowest BCUT2D eigenvalue weighted by atomic mass is 10.1. The van der Waals surface area contributed by atoms with Crippen molar-refractivity contribution in [2.45, 2.75) is 44.9 Å². The van der Waals surface area contributed by atoms with Crippen LogP contribution in [0.25, 0.3) is 33.7 Å². The van der Waals surface area contributed by atoms with Gasteiger partial charge in [-0.1, -0.05) is 35.0 Å². The molecule has 0 radical (unpaired) electrons. The van der Waals surface area contributed by atoms with Gasteiger partial charge in [0.2, 0.25) is 11.7 Å². The standard InChI is InChI=1S/C23H17N3O2.C19H20N2O3/c1-15-2-7-19(8-3-15)27-20-9-4-16(5-10-20)22-25-23(28-26-22)18-6-11-21-17(14-18)12-13-24-21;22-15-9-5-14(6-10-15)19-20-18(21-24-19)13-7-11-17(12-8-13)23-16-3-1-2-4-16/h2-14,24H,1H3;5-12,16,18,21-22H,1-4H2. The van der Waals surface area contributed by atoms with Crippen LogP contribution >= 0.6 is 0 Å². The number of H-pyrrole nitrogens is 1. The van der Waals surface area contributed by atoms with E-state index in [2.05, 4.69) is 25.6 Å². The number of benzene rings is 5. The van der Waals surface area contributed by atoms with Gasteiger partial charge in [0, 0.05) is 33.8 Å². The van der Waals surface area contributed by atoms with Crippen molar-refractivity contribution in [2.24, 2.45) is 4.99 Å². The molecule has 1 aliphatic carbocycles. The van der Waals surface area contributed by atoms with Crippen LogP contribution in [0.5, 0.6) is 23.0 Å². The lowest BCUT2D eigenvalue weighted by Gasteiger charge is -2.14. The van der Waals surface area contributed by atoms with Gasteiger partial charge in [-0.2, -0.15) is 4.98 Å². The van der Waals surface area contributed by atoms with Gasteiger partial charge in [-0.25, -0.2) is 4.99 Å². The summed E-state index contributed by atoms with van der Waals surface area (Å²) < 4.78 is 17.3. The summed E-state index contributed by atoms with van der Waals surface area (Å²) in [6.45, 7) is 2.05. The highest BCUT2D eigenvalue weighted by atomic mass is 16.7. The quantitative estimate of drug-likeness (QED) is 0.144. The summed E-state index contributed by atoms with van der Waals surface area (Å²) >= 11 is 0. The number of nitrogens with zero attached hydrogens (tertiary/aromatic N) is 3. The van der Waals surface area contributed by atoms with Crippen LogP contribution in [0.3, 0.4) is 0 Å². The summed E-state index contributed by atoms with van der Waals surface area (Å²) in [6.07, 6.45) is 6.87. The second-order valence-electron chi connectivity index (χ2n) is 12.8. The van der Waals surface area contributed by atoms with Crippen LogP contribution in [0.2, 0.25) is 0 Å². The number of hydrogen-bond acceptors (Lipinski definition) is 9. The van der Waals surface area contributed by atoms with E-state index in [1.807, 2.05) is 110 Å².